The van der Waals surface area contributed by atoms with E-state index in [-0.39, 0.29) is 17.3 Å². The molecule has 0 atom stereocenters. The molecule has 2 aromatic rings. The molecule has 4 nitrogen and oxygen atoms in total. The van der Waals surface area contributed by atoms with E-state index < -0.39 is 5.97 Å². The molecular formula is C19H18FNO3. The summed E-state index contributed by atoms with van der Waals surface area (Å²) < 4.78 is 13.3. The van der Waals surface area contributed by atoms with Gasteiger partial charge in [-0.2, -0.15) is 0 Å². The third kappa shape index (κ3) is 3.62. The molecule has 0 fully saturated rings. The van der Waals surface area contributed by atoms with Crippen molar-refractivity contribution < 1.29 is 19.1 Å². The highest BCUT2D eigenvalue weighted by Gasteiger charge is 2.20. The van der Waals surface area contributed by atoms with Gasteiger partial charge in [0.2, 0.25) is 5.91 Å². The lowest BCUT2D eigenvalue weighted by Crippen LogP contribution is -2.36. The maximum Gasteiger partial charge on any atom is 0.335 e. The van der Waals surface area contributed by atoms with Crippen molar-refractivity contribution in [1.29, 1.82) is 0 Å². The minimum atomic E-state index is -0.961. The van der Waals surface area contributed by atoms with E-state index in [0.29, 0.717) is 25.9 Å². The first-order valence-electron chi connectivity index (χ1n) is 7.90. The fourth-order valence-electron chi connectivity index (χ4n) is 2.96. The van der Waals surface area contributed by atoms with Gasteiger partial charge < -0.3 is 10.0 Å². The Balaban J connectivity index is 1.58. The van der Waals surface area contributed by atoms with Crippen LogP contribution >= 0.6 is 0 Å². The van der Waals surface area contributed by atoms with Crippen LogP contribution < -0.4 is 0 Å². The lowest BCUT2D eigenvalue weighted by Gasteiger charge is -2.29. The number of rotatable bonds is 4. The molecule has 1 aliphatic rings. The molecule has 1 N–H and O–H groups in total. The van der Waals surface area contributed by atoms with Gasteiger partial charge >= 0.3 is 5.97 Å². The van der Waals surface area contributed by atoms with E-state index in [0.717, 1.165) is 23.1 Å². The number of benzene rings is 2. The van der Waals surface area contributed by atoms with Gasteiger partial charge in [0, 0.05) is 19.5 Å². The number of hydrogen-bond acceptors (Lipinski definition) is 2. The maximum atomic E-state index is 13.3. The zero-order valence-electron chi connectivity index (χ0n) is 13.2. The predicted octanol–water partition coefficient (Wildman–Crippen LogP) is 3.04. The van der Waals surface area contributed by atoms with Crippen LogP contribution in [-0.2, 0) is 24.2 Å². The van der Waals surface area contributed by atoms with Gasteiger partial charge in [-0.3, -0.25) is 4.79 Å². The predicted molar refractivity (Wildman–Crippen MR) is 87.2 cm³/mol. The van der Waals surface area contributed by atoms with Crippen LogP contribution in [0.3, 0.4) is 0 Å². The van der Waals surface area contributed by atoms with Crippen molar-refractivity contribution in [2.24, 2.45) is 0 Å². The number of hydrogen-bond donors (Lipinski definition) is 1. The number of halogens is 1. The molecule has 0 aliphatic carbocycles. The summed E-state index contributed by atoms with van der Waals surface area (Å²) in [5.74, 6) is -1.20. The number of aromatic carboxylic acids is 1. The third-order valence-corrected chi connectivity index (χ3v) is 4.36. The molecule has 0 unspecified atom stereocenters. The molecule has 0 saturated heterocycles. The number of fused-ring (bicyclic) bond motifs is 1. The van der Waals surface area contributed by atoms with Gasteiger partial charge in [-0.15, -0.1) is 0 Å². The molecule has 3 rings (SSSR count). The summed E-state index contributed by atoms with van der Waals surface area (Å²) in [7, 11) is 0. The number of nitrogens with zero attached hydrogens (tertiary/aromatic N) is 1. The van der Waals surface area contributed by atoms with Crippen LogP contribution in [0.15, 0.2) is 42.5 Å². The third-order valence-electron chi connectivity index (χ3n) is 4.36. The number of carboxylic acids is 1. The molecular weight excluding hydrogens is 309 g/mol. The summed E-state index contributed by atoms with van der Waals surface area (Å²) in [6, 6.07) is 11.3. The molecule has 1 amide bonds. The van der Waals surface area contributed by atoms with Gasteiger partial charge in [-0.25, -0.2) is 9.18 Å². The van der Waals surface area contributed by atoms with Gasteiger partial charge in [0.1, 0.15) is 5.82 Å². The Morgan fingerprint density at radius 2 is 1.83 bits per heavy atom. The molecule has 1 heterocycles. The Labute approximate surface area is 139 Å². The van der Waals surface area contributed by atoms with Crippen LogP contribution in [0.2, 0.25) is 0 Å². The van der Waals surface area contributed by atoms with Crippen LogP contribution in [0.1, 0.15) is 33.5 Å². The Morgan fingerprint density at radius 1 is 1.08 bits per heavy atom. The first-order valence-corrected chi connectivity index (χ1v) is 7.90. The fourth-order valence-corrected chi connectivity index (χ4v) is 2.96. The molecule has 24 heavy (non-hydrogen) atoms. The highest BCUT2D eigenvalue weighted by atomic mass is 19.1. The smallest absolute Gasteiger partial charge is 0.335 e. The number of amides is 1. The SMILES string of the molecule is O=C(O)c1ccc(CCC(=O)N2CCc3ccc(F)cc3C2)cc1. The summed E-state index contributed by atoms with van der Waals surface area (Å²) in [5.41, 5.74) is 3.14. The van der Waals surface area contributed by atoms with Crippen LogP contribution in [-0.4, -0.2) is 28.4 Å². The van der Waals surface area contributed by atoms with Crippen molar-refractivity contribution >= 4 is 11.9 Å². The van der Waals surface area contributed by atoms with E-state index in [1.54, 1.807) is 35.2 Å². The number of aryl methyl sites for hydroxylation is 1. The Morgan fingerprint density at radius 3 is 2.54 bits per heavy atom. The Hall–Kier alpha value is -2.69. The fraction of sp³-hybridized carbons (Fsp3) is 0.263. The van der Waals surface area contributed by atoms with Crippen molar-refractivity contribution in [3.8, 4) is 0 Å². The van der Waals surface area contributed by atoms with Crippen LogP contribution in [0.5, 0.6) is 0 Å². The number of carbonyl (C=O) groups excluding carboxylic acids is 1. The standard InChI is InChI=1S/C19H18FNO3/c20-17-7-6-14-9-10-21(12-16(14)11-17)18(22)8-3-13-1-4-15(5-2-13)19(23)24/h1-2,4-7,11H,3,8-10,12H2,(H,23,24). The van der Waals surface area contributed by atoms with E-state index in [1.807, 2.05) is 0 Å². The van der Waals surface area contributed by atoms with Gasteiger partial charge in [-0.05, 0) is 53.8 Å². The molecule has 0 bridgehead atoms. The molecule has 5 heteroatoms. The summed E-state index contributed by atoms with van der Waals surface area (Å²) in [5, 5.41) is 8.88. The average molecular weight is 327 g/mol. The van der Waals surface area contributed by atoms with E-state index in [2.05, 4.69) is 0 Å². The molecule has 0 aromatic heterocycles. The van der Waals surface area contributed by atoms with Crippen molar-refractivity contribution in [3.63, 3.8) is 0 Å². The van der Waals surface area contributed by atoms with Crippen LogP contribution in [0.4, 0.5) is 4.39 Å². The second-order valence-electron chi connectivity index (χ2n) is 5.98. The minimum absolute atomic E-state index is 0.0345. The summed E-state index contributed by atoms with van der Waals surface area (Å²) in [4.78, 5) is 25.0. The van der Waals surface area contributed by atoms with Gasteiger partial charge in [-0.1, -0.05) is 18.2 Å². The van der Waals surface area contributed by atoms with E-state index >= 15 is 0 Å². The summed E-state index contributed by atoms with van der Waals surface area (Å²) in [6.45, 7) is 1.10. The van der Waals surface area contributed by atoms with Crippen LogP contribution in [0.25, 0.3) is 0 Å². The Kier molecular flexibility index (Phi) is 4.60. The highest BCUT2D eigenvalue weighted by Crippen LogP contribution is 2.21. The van der Waals surface area contributed by atoms with Crippen molar-refractivity contribution in [3.05, 3.63) is 70.5 Å². The molecule has 124 valence electrons. The van der Waals surface area contributed by atoms with Crippen molar-refractivity contribution in [1.82, 2.24) is 4.90 Å². The quantitative estimate of drug-likeness (QED) is 0.939. The van der Waals surface area contributed by atoms with E-state index in [1.165, 1.54) is 12.1 Å². The Bertz CT molecular complexity index is 771. The van der Waals surface area contributed by atoms with Gasteiger partial charge in [0.05, 0.1) is 5.56 Å². The van der Waals surface area contributed by atoms with Crippen molar-refractivity contribution in [2.75, 3.05) is 6.54 Å². The molecule has 0 spiro atoms. The van der Waals surface area contributed by atoms with E-state index in [9.17, 15) is 14.0 Å². The van der Waals surface area contributed by atoms with Crippen molar-refractivity contribution in [2.45, 2.75) is 25.8 Å². The highest BCUT2D eigenvalue weighted by molar-refractivity contribution is 5.87. The lowest BCUT2D eigenvalue weighted by molar-refractivity contribution is -0.132. The zero-order chi connectivity index (χ0) is 17.1. The maximum absolute atomic E-state index is 13.3. The zero-order valence-corrected chi connectivity index (χ0v) is 13.2. The average Bonchev–Trinajstić information content (AvgIpc) is 2.59. The normalized spacial score (nSPS) is 13.5. The second kappa shape index (κ2) is 6.83. The largest absolute Gasteiger partial charge is 0.478 e. The minimum Gasteiger partial charge on any atom is -0.478 e. The van der Waals surface area contributed by atoms with Gasteiger partial charge in [0.15, 0.2) is 0 Å². The summed E-state index contributed by atoms with van der Waals surface area (Å²) >= 11 is 0. The molecule has 0 saturated carbocycles. The molecule has 2 aromatic carbocycles. The lowest BCUT2D eigenvalue weighted by atomic mass is 9.99. The molecule has 0 radical (unpaired) electrons. The van der Waals surface area contributed by atoms with E-state index in [4.69, 9.17) is 5.11 Å². The topological polar surface area (TPSA) is 57.6 Å². The molecule has 1 aliphatic heterocycles. The van der Waals surface area contributed by atoms with Gasteiger partial charge in [0.25, 0.3) is 0 Å². The number of carbonyl (C=O) groups is 2. The first kappa shape index (κ1) is 16.2. The monoisotopic (exact) mass is 327 g/mol. The van der Waals surface area contributed by atoms with Crippen LogP contribution in [0, 0.1) is 5.82 Å². The summed E-state index contributed by atoms with van der Waals surface area (Å²) in [6.07, 6.45) is 1.66. The number of carboxylic acid groups (broad SMARTS) is 1. The second-order valence-corrected chi connectivity index (χ2v) is 5.98. The first-order chi connectivity index (χ1) is 11.5.